The van der Waals surface area contributed by atoms with E-state index in [1.807, 2.05) is 6.92 Å². The molecule has 4 heteroatoms. The van der Waals surface area contributed by atoms with Crippen molar-refractivity contribution in [1.82, 2.24) is 0 Å². The maximum absolute atomic E-state index is 10.7. The van der Waals surface area contributed by atoms with Crippen LogP contribution in [0.3, 0.4) is 0 Å². The molecule has 0 fully saturated rings. The van der Waals surface area contributed by atoms with E-state index in [0.29, 0.717) is 0 Å². The minimum atomic E-state index is -2.76. The maximum Gasteiger partial charge on any atom is 0.208 e. The lowest BCUT2D eigenvalue weighted by Crippen LogP contribution is -2.16. The molecular weight excluding hydrogens is 123 g/mol. The molecule has 1 atom stereocenters. The fraction of sp³-hybridized carbons (Fsp3) is 1.00. The number of hydrogen-bond donors (Lipinski definition) is 2. The Morgan fingerprint density at radius 2 is 2.00 bits per heavy atom. The molecule has 1 unspecified atom stereocenters. The van der Waals surface area contributed by atoms with Gasteiger partial charge in [-0.1, -0.05) is 13.8 Å². The second-order valence-corrected chi connectivity index (χ2v) is 4.43. The van der Waals surface area contributed by atoms with Gasteiger partial charge in [0, 0.05) is 5.66 Å². The van der Waals surface area contributed by atoms with Gasteiger partial charge < -0.3 is 0 Å². The average Bonchev–Trinajstić information content (AvgIpc) is 1.62. The summed E-state index contributed by atoms with van der Waals surface area (Å²) >= 11 is 0. The molecule has 0 radical (unpaired) electrons. The molecule has 0 spiro atoms. The second kappa shape index (κ2) is 2.62. The molecule has 8 heavy (non-hydrogen) atoms. The second-order valence-electron chi connectivity index (χ2n) is 2.02. The molecule has 4 N–H and O–H groups in total. The van der Waals surface area contributed by atoms with Crippen molar-refractivity contribution in [2.24, 2.45) is 11.0 Å². The van der Waals surface area contributed by atoms with Gasteiger partial charge in [0.05, 0.1) is 0 Å². The van der Waals surface area contributed by atoms with Crippen molar-refractivity contribution in [3.05, 3.63) is 0 Å². The van der Waals surface area contributed by atoms with Crippen molar-refractivity contribution in [3.63, 3.8) is 0 Å². The summed E-state index contributed by atoms with van der Waals surface area (Å²) in [7, 11) is -2.76. The Hall–Kier alpha value is 0.150. The number of rotatable bonds is 2. The SMILES string of the molecule is CCC(C)P(N)(N)=O. The van der Waals surface area contributed by atoms with Crippen LogP contribution in [0.15, 0.2) is 0 Å². The quantitative estimate of drug-likeness (QED) is 0.554. The monoisotopic (exact) mass is 136 g/mol. The molecule has 0 aromatic heterocycles. The van der Waals surface area contributed by atoms with E-state index >= 15 is 0 Å². The summed E-state index contributed by atoms with van der Waals surface area (Å²) in [6.07, 6.45) is 0.782. The third-order valence-electron chi connectivity index (χ3n) is 1.28. The van der Waals surface area contributed by atoms with Crippen LogP contribution in [0.5, 0.6) is 0 Å². The van der Waals surface area contributed by atoms with Crippen LogP contribution in [-0.2, 0) is 4.57 Å². The van der Waals surface area contributed by atoms with Gasteiger partial charge in [0.15, 0.2) is 0 Å². The van der Waals surface area contributed by atoms with Gasteiger partial charge in [-0.25, -0.2) is 0 Å². The highest BCUT2D eigenvalue weighted by atomic mass is 31.2. The lowest BCUT2D eigenvalue weighted by atomic mass is 10.4. The Morgan fingerprint density at radius 3 is 2.00 bits per heavy atom. The van der Waals surface area contributed by atoms with Crippen LogP contribution in [0.25, 0.3) is 0 Å². The summed E-state index contributed by atoms with van der Waals surface area (Å²) in [6.45, 7) is 3.71. The normalized spacial score (nSPS) is 16.0. The smallest absolute Gasteiger partial charge is 0.208 e. The standard InChI is InChI=1S/C4H13N2OP/c1-3-4(2)8(5,6)7/h4H,3H2,1-2H3,(H4,5,6,7). The highest BCUT2D eigenvalue weighted by Crippen LogP contribution is 2.33. The van der Waals surface area contributed by atoms with E-state index in [1.54, 1.807) is 6.92 Å². The van der Waals surface area contributed by atoms with Gasteiger partial charge in [0.1, 0.15) is 0 Å². The molecule has 0 aliphatic heterocycles. The largest absolute Gasteiger partial charge is 0.289 e. The molecule has 50 valence electrons. The Balaban J connectivity index is 3.82. The molecule has 0 rings (SSSR count). The van der Waals surface area contributed by atoms with Gasteiger partial charge in [-0.2, -0.15) is 0 Å². The van der Waals surface area contributed by atoms with Crippen LogP contribution >= 0.6 is 7.44 Å². The molecule has 0 saturated heterocycles. The fourth-order valence-electron chi connectivity index (χ4n) is 0.285. The third kappa shape index (κ3) is 2.46. The van der Waals surface area contributed by atoms with Crippen molar-refractivity contribution in [2.75, 3.05) is 0 Å². The fourth-order valence-corrected chi connectivity index (χ4v) is 0.856. The highest BCUT2D eigenvalue weighted by Gasteiger charge is 2.16. The van der Waals surface area contributed by atoms with Crippen LogP contribution < -0.4 is 11.0 Å². The first-order valence-corrected chi connectivity index (χ1v) is 4.56. The van der Waals surface area contributed by atoms with Gasteiger partial charge in [-0.3, -0.25) is 15.6 Å². The third-order valence-corrected chi connectivity index (χ3v) is 3.02. The van der Waals surface area contributed by atoms with Crippen molar-refractivity contribution in [2.45, 2.75) is 25.9 Å². The first-order chi connectivity index (χ1) is 3.48. The summed E-state index contributed by atoms with van der Waals surface area (Å²) in [5, 5.41) is 0. The van der Waals surface area contributed by atoms with Crippen molar-refractivity contribution in [3.8, 4) is 0 Å². The molecular formula is C4H13N2OP. The van der Waals surface area contributed by atoms with Gasteiger partial charge in [0.25, 0.3) is 0 Å². The minimum Gasteiger partial charge on any atom is -0.289 e. The number of nitrogens with two attached hydrogens (primary N) is 2. The Labute approximate surface area is 49.9 Å². The lowest BCUT2D eigenvalue weighted by Gasteiger charge is -2.11. The Kier molecular flexibility index (Phi) is 2.67. The summed E-state index contributed by atoms with van der Waals surface area (Å²) in [4.78, 5) is 0. The summed E-state index contributed by atoms with van der Waals surface area (Å²) in [5.74, 6) is 0. The zero-order valence-corrected chi connectivity index (χ0v) is 6.19. The highest BCUT2D eigenvalue weighted by molar-refractivity contribution is 7.59. The Morgan fingerprint density at radius 1 is 1.62 bits per heavy atom. The van der Waals surface area contributed by atoms with E-state index < -0.39 is 7.44 Å². The van der Waals surface area contributed by atoms with Crippen LogP contribution in [0.1, 0.15) is 20.3 Å². The molecule has 0 aromatic carbocycles. The van der Waals surface area contributed by atoms with E-state index in [9.17, 15) is 4.57 Å². The molecule has 0 heterocycles. The average molecular weight is 136 g/mol. The maximum atomic E-state index is 10.7. The predicted molar refractivity (Wildman–Crippen MR) is 35.7 cm³/mol. The summed E-state index contributed by atoms with van der Waals surface area (Å²) in [6, 6.07) is 0. The van der Waals surface area contributed by atoms with Crippen molar-refractivity contribution < 1.29 is 4.57 Å². The molecule has 0 bridgehead atoms. The van der Waals surface area contributed by atoms with Crippen molar-refractivity contribution in [1.29, 1.82) is 0 Å². The van der Waals surface area contributed by atoms with Crippen LogP contribution in [0.2, 0.25) is 0 Å². The van der Waals surface area contributed by atoms with Crippen molar-refractivity contribution >= 4 is 7.44 Å². The van der Waals surface area contributed by atoms with Crippen LogP contribution in [0.4, 0.5) is 0 Å². The van der Waals surface area contributed by atoms with Gasteiger partial charge in [-0.05, 0) is 6.42 Å². The zero-order valence-electron chi connectivity index (χ0n) is 5.29. The van der Waals surface area contributed by atoms with Crippen LogP contribution in [0, 0.1) is 0 Å². The summed E-state index contributed by atoms with van der Waals surface area (Å²) in [5.41, 5.74) is 10.2. The van der Waals surface area contributed by atoms with E-state index in [1.165, 1.54) is 0 Å². The molecule has 0 amide bonds. The first kappa shape index (κ1) is 8.15. The Bertz CT molecular complexity index is 109. The molecule has 0 aliphatic rings. The van der Waals surface area contributed by atoms with E-state index in [-0.39, 0.29) is 5.66 Å². The predicted octanol–water partition coefficient (Wildman–Crippen LogP) is 0.895. The van der Waals surface area contributed by atoms with Gasteiger partial charge >= 0.3 is 0 Å². The molecule has 0 aliphatic carbocycles. The topological polar surface area (TPSA) is 69.1 Å². The van der Waals surface area contributed by atoms with E-state index in [0.717, 1.165) is 6.42 Å². The van der Waals surface area contributed by atoms with E-state index in [2.05, 4.69) is 0 Å². The zero-order chi connectivity index (χ0) is 6.78. The first-order valence-electron chi connectivity index (χ1n) is 2.65. The van der Waals surface area contributed by atoms with Gasteiger partial charge in [-0.15, -0.1) is 0 Å². The molecule has 0 aromatic rings. The summed E-state index contributed by atoms with van der Waals surface area (Å²) < 4.78 is 10.7. The molecule has 0 saturated carbocycles. The minimum absolute atomic E-state index is 0.0394. The van der Waals surface area contributed by atoms with Gasteiger partial charge in [0.2, 0.25) is 7.44 Å². The van der Waals surface area contributed by atoms with Crippen LogP contribution in [-0.4, -0.2) is 5.66 Å². The molecule has 3 nitrogen and oxygen atoms in total. The number of hydrogen-bond acceptors (Lipinski definition) is 1. The lowest BCUT2D eigenvalue weighted by molar-refractivity contribution is 0.566. The van der Waals surface area contributed by atoms with E-state index in [4.69, 9.17) is 11.0 Å².